The van der Waals surface area contributed by atoms with Crippen molar-refractivity contribution in [2.45, 2.75) is 64.1 Å². The van der Waals surface area contributed by atoms with Crippen LogP contribution in [-0.2, 0) is 11.4 Å². The van der Waals surface area contributed by atoms with Gasteiger partial charge in [-0.15, -0.1) is 0 Å². The van der Waals surface area contributed by atoms with Crippen LogP contribution >= 0.6 is 0 Å². The van der Waals surface area contributed by atoms with Crippen molar-refractivity contribution in [3.8, 4) is 0 Å². The van der Waals surface area contributed by atoms with Crippen LogP contribution in [0.25, 0.3) is 11.0 Å². The first-order chi connectivity index (χ1) is 12.1. The predicted molar refractivity (Wildman–Crippen MR) is 96.8 cm³/mol. The van der Waals surface area contributed by atoms with E-state index in [0.29, 0.717) is 12.5 Å². The summed E-state index contributed by atoms with van der Waals surface area (Å²) in [4.78, 5) is 10.1. The molecule has 4 rings (SSSR count). The second-order valence-corrected chi connectivity index (χ2v) is 7.28. The molecule has 2 N–H and O–H groups in total. The molecule has 0 spiro atoms. The number of oxime groups is 1. The Kier molecular flexibility index (Phi) is 4.11. The molecule has 0 saturated heterocycles. The van der Waals surface area contributed by atoms with Gasteiger partial charge in [-0.2, -0.15) is 5.10 Å². The second-order valence-electron chi connectivity index (χ2n) is 7.28. The molecule has 2 aromatic rings. The maximum atomic E-state index is 9.55. The molecule has 25 heavy (non-hydrogen) atoms. The standard InChI is InChI=1S/C18H25N5O2/c1-3-23-17-14(10-20-23)16(21-12-6-4-5-7-12)13(9-19-17)15-8-18(2,11-24)25-22-15/h9-10,12,24H,3-8,11H2,1-2H3,(H,19,21). The van der Waals surface area contributed by atoms with E-state index in [1.165, 1.54) is 25.7 Å². The third-order valence-electron chi connectivity index (χ3n) is 5.23. The first-order valence-corrected chi connectivity index (χ1v) is 9.11. The minimum atomic E-state index is -0.650. The van der Waals surface area contributed by atoms with Crippen molar-refractivity contribution in [3.05, 3.63) is 18.0 Å². The van der Waals surface area contributed by atoms with E-state index in [-0.39, 0.29) is 6.61 Å². The van der Waals surface area contributed by atoms with Crippen LogP contribution < -0.4 is 5.32 Å². The smallest absolute Gasteiger partial charge is 0.163 e. The van der Waals surface area contributed by atoms with Gasteiger partial charge >= 0.3 is 0 Å². The van der Waals surface area contributed by atoms with Crippen molar-refractivity contribution in [2.75, 3.05) is 11.9 Å². The summed E-state index contributed by atoms with van der Waals surface area (Å²) in [6, 6.07) is 0.474. The molecule has 134 valence electrons. The van der Waals surface area contributed by atoms with Gasteiger partial charge in [0.05, 0.1) is 29.6 Å². The highest BCUT2D eigenvalue weighted by atomic mass is 16.7. The van der Waals surface area contributed by atoms with Gasteiger partial charge in [0, 0.05) is 30.8 Å². The number of aliphatic hydroxyl groups is 1. The summed E-state index contributed by atoms with van der Waals surface area (Å²) >= 11 is 0. The van der Waals surface area contributed by atoms with Crippen LogP contribution in [0.3, 0.4) is 0 Å². The zero-order chi connectivity index (χ0) is 17.4. The Labute approximate surface area is 147 Å². The Morgan fingerprint density at radius 3 is 2.84 bits per heavy atom. The average molecular weight is 343 g/mol. The largest absolute Gasteiger partial charge is 0.392 e. The molecule has 7 nitrogen and oxygen atoms in total. The minimum absolute atomic E-state index is 0.0607. The van der Waals surface area contributed by atoms with Crippen LogP contribution in [0.2, 0.25) is 0 Å². The summed E-state index contributed by atoms with van der Waals surface area (Å²) in [5.74, 6) is 0. The van der Waals surface area contributed by atoms with E-state index in [2.05, 4.69) is 27.5 Å². The Morgan fingerprint density at radius 2 is 2.16 bits per heavy atom. The lowest BCUT2D eigenvalue weighted by atomic mass is 9.96. The van der Waals surface area contributed by atoms with Crippen molar-refractivity contribution < 1.29 is 9.94 Å². The highest BCUT2D eigenvalue weighted by molar-refractivity contribution is 6.10. The Balaban J connectivity index is 1.77. The molecule has 1 aliphatic heterocycles. The molecule has 0 radical (unpaired) electrons. The summed E-state index contributed by atoms with van der Waals surface area (Å²) in [5, 5.41) is 23.0. The Bertz CT molecular complexity index is 809. The van der Waals surface area contributed by atoms with Gasteiger partial charge in [-0.05, 0) is 26.7 Å². The number of anilines is 1. The molecule has 0 bridgehead atoms. The fourth-order valence-electron chi connectivity index (χ4n) is 3.72. The number of hydrogen-bond acceptors (Lipinski definition) is 6. The number of aromatic nitrogens is 3. The lowest BCUT2D eigenvalue weighted by molar-refractivity contribution is -0.0428. The molecule has 2 aliphatic rings. The lowest BCUT2D eigenvalue weighted by Gasteiger charge is -2.19. The molecule has 0 amide bonds. The van der Waals surface area contributed by atoms with Crippen LogP contribution in [0.1, 0.15) is 51.5 Å². The molecule has 1 atom stereocenters. The summed E-state index contributed by atoms with van der Waals surface area (Å²) < 4.78 is 1.91. The van der Waals surface area contributed by atoms with Gasteiger partial charge < -0.3 is 15.3 Å². The van der Waals surface area contributed by atoms with Crippen LogP contribution in [-0.4, -0.2) is 43.8 Å². The summed E-state index contributed by atoms with van der Waals surface area (Å²) in [7, 11) is 0. The quantitative estimate of drug-likeness (QED) is 0.872. The monoisotopic (exact) mass is 343 g/mol. The van der Waals surface area contributed by atoms with Crippen molar-refractivity contribution in [3.63, 3.8) is 0 Å². The van der Waals surface area contributed by atoms with Gasteiger partial charge in [-0.25, -0.2) is 9.67 Å². The van der Waals surface area contributed by atoms with E-state index >= 15 is 0 Å². The summed E-state index contributed by atoms with van der Waals surface area (Å²) in [6.07, 6.45) is 9.21. The number of nitrogens with zero attached hydrogens (tertiary/aromatic N) is 4. The van der Waals surface area contributed by atoms with Crippen molar-refractivity contribution in [1.82, 2.24) is 14.8 Å². The second kappa shape index (κ2) is 6.29. The summed E-state index contributed by atoms with van der Waals surface area (Å²) in [5.41, 5.74) is 3.06. The SMILES string of the molecule is CCn1ncc2c(NC3CCCC3)c(C3=NOC(C)(CO)C3)cnc21. The normalized spacial score (nSPS) is 23.9. The molecule has 1 saturated carbocycles. The van der Waals surface area contributed by atoms with Gasteiger partial charge in [0.2, 0.25) is 0 Å². The number of pyridine rings is 1. The average Bonchev–Trinajstić information content (AvgIpc) is 3.35. The molecule has 3 heterocycles. The fraction of sp³-hybridized carbons (Fsp3) is 0.611. The predicted octanol–water partition coefficient (Wildman–Crippen LogP) is 2.68. The van der Waals surface area contributed by atoms with E-state index in [9.17, 15) is 5.11 Å². The molecule has 2 aromatic heterocycles. The zero-order valence-electron chi connectivity index (χ0n) is 14.8. The highest BCUT2D eigenvalue weighted by Crippen LogP contribution is 2.34. The van der Waals surface area contributed by atoms with E-state index in [4.69, 9.17) is 4.84 Å². The first kappa shape index (κ1) is 16.3. The van der Waals surface area contributed by atoms with Crippen molar-refractivity contribution in [2.24, 2.45) is 5.16 Å². The van der Waals surface area contributed by atoms with E-state index in [0.717, 1.165) is 34.5 Å². The van der Waals surface area contributed by atoms with E-state index in [1.807, 2.05) is 24.0 Å². The molecular formula is C18H25N5O2. The molecular weight excluding hydrogens is 318 g/mol. The number of aryl methyl sites for hydroxylation is 1. The number of rotatable bonds is 5. The molecule has 0 aromatic carbocycles. The fourth-order valence-corrected chi connectivity index (χ4v) is 3.72. The van der Waals surface area contributed by atoms with Crippen LogP contribution in [0.5, 0.6) is 0 Å². The Hall–Kier alpha value is -2.15. The number of nitrogens with one attached hydrogen (secondary N) is 1. The number of hydrogen-bond donors (Lipinski definition) is 2. The van der Waals surface area contributed by atoms with Gasteiger partial charge in [0.1, 0.15) is 0 Å². The molecule has 1 unspecified atom stereocenters. The van der Waals surface area contributed by atoms with Crippen molar-refractivity contribution >= 4 is 22.4 Å². The first-order valence-electron chi connectivity index (χ1n) is 9.11. The molecule has 1 fully saturated rings. The Morgan fingerprint density at radius 1 is 1.36 bits per heavy atom. The van der Waals surface area contributed by atoms with Crippen LogP contribution in [0.15, 0.2) is 17.5 Å². The maximum Gasteiger partial charge on any atom is 0.163 e. The van der Waals surface area contributed by atoms with Crippen molar-refractivity contribution in [1.29, 1.82) is 0 Å². The van der Waals surface area contributed by atoms with E-state index < -0.39 is 5.60 Å². The third kappa shape index (κ3) is 2.86. The minimum Gasteiger partial charge on any atom is -0.392 e. The van der Waals surface area contributed by atoms with Crippen LogP contribution in [0.4, 0.5) is 5.69 Å². The van der Waals surface area contributed by atoms with E-state index in [1.54, 1.807) is 0 Å². The van der Waals surface area contributed by atoms with Gasteiger partial charge in [-0.3, -0.25) is 0 Å². The number of fused-ring (bicyclic) bond motifs is 1. The van der Waals surface area contributed by atoms with Gasteiger partial charge in [-0.1, -0.05) is 18.0 Å². The van der Waals surface area contributed by atoms with Crippen LogP contribution in [0, 0.1) is 0 Å². The topological polar surface area (TPSA) is 84.6 Å². The highest BCUT2D eigenvalue weighted by Gasteiger charge is 2.35. The summed E-state index contributed by atoms with van der Waals surface area (Å²) in [6.45, 7) is 4.66. The lowest BCUT2D eigenvalue weighted by Crippen LogP contribution is -2.29. The zero-order valence-corrected chi connectivity index (χ0v) is 14.8. The van der Waals surface area contributed by atoms with Gasteiger partial charge in [0.25, 0.3) is 0 Å². The molecule has 1 aliphatic carbocycles. The third-order valence-corrected chi connectivity index (χ3v) is 5.23. The van der Waals surface area contributed by atoms with Gasteiger partial charge in [0.15, 0.2) is 11.2 Å². The molecule has 7 heteroatoms. The maximum absolute atomic E-state index is 9.55. The number of aliphatic hydroxyl groups excluding tert-OH is 1.